The lowest BCUT2D eigenvalue weighted by molar-refractivity contribution is 0.0132. The minimum absolute atomic E-state index is 0.128. The molecule has 0 amide bonds. The highest BCUT2D eigenvalue weighted by atomic mass is 32.2. The lowest BCUT2D eigenvalue weighted by Crippen LogP contribution is -2.32. The number of aliphatic imine (C=N–C) groups is 1. The van der Waals surface area contributed by atoms with Crippen molar-refractivity contribution in [3.8, 4) is 0 Å². The maximum absolute atomic E-state index is 10.8. The highest BCUT2D eigenvalue weighted by Crippen LogP contribution is 2.16. The molecule has 0 fully saturated rings. The van der Waals surface area contributed by atoms with Crippen LogP contribution in [0.15, 0.2) is 16.8 Å². The average molecular weight is 262 g/mol. The van der Waals surface area contributed by atoms with Gasteiger partial charge in [-0.1, -0.05) is 0 Å². The van der Waals surface area contributed by atoms with Gasteiger partial charge in [0.05, 0.1) is 12.9 Å². The SMILES string of the molecule is COC1N=C(C)C(CCOS(C)(=O)=O)=CN1C. The number of hydrogen-bond acceptors (Lipinski definition) is 6. The summed E-state index contributed by atoms with van der Waals surface area (Å²) < 4.78 is 31.5. The van der Waals surface area contributed by atoms with Gasteiger partial charge in [0.1, 0.15) is 0 Å². The van der Waals surface area contributed by atoms with Gasteiger partial charge in [-0.15, -0.1) is 0 Å². The van der Waals surface area contributed by atoms with Crippen LogP contribution in [0, 0.1) is 0 Å². The summed E-state index contributed by atoms with van der Waals surface area (Å²) in [7, 11) is 0.0588. The summed E-state index contributed by atoms with van der Waals surface area (Å²) in [5, 5.41) is 0. The Bertz CT molecular complexity index is 428. The van der Waals surface area contributed by atoms with E-state index in [9.17, 15) is 8.42 Å². The molecule has 0 spiro atoms. The van der Waals surface area contributed by atoms with E-state index < -0.39 is 10.1 Å². The molecule has 0 aromatic heterocycles. The molecule has 1 aliphatic rings. The van der Waals surface area contributed by atoms with Gasteiger partial charge in [0.15, 0.2) is 0 Å². The van der Waals surface area contributed by atoms with Gasteiger partial charge in [0, 0.05) is 32.5 Å². The molecule has 0 radical (unpaired) electrons. The van der Waals surface area contributed by atoms with Crippen molar-refractivity contribution in [1.29, 1.82) is 0 Å². The van der Waals surface area contributed by atoms with Crippen molar-refractivity contribution in [2.75, 3.05) is 27.0 Å². The Balaban J connectivity index is 2.58. The fourth-order valence-electron chi connectivity index (χ4n) is 1.51. The zero-order chi connectivity index (χ0) is 13.1. The fraction of sp³-hybridized carbons (Fsp3) is 0.700. The highest BCUT2D eigenvalue weighted by Gasteiger charge is 2.17. The van der Waals surface area contributed by atoms with Crippen molar-refractivity contribution >= 4 is 15.8 Å². The third-order valence-corrected chi connectivity index (χ3v) is 2.95. The first-order chi connectivity index (χ1) is 7.83. The van der Waals surface area contributed by atoms with Crippen molar-refractivity contribution in [3.63, 3.8) is 0 Å². The van der Waals surface area contributed by atoms with Crippen molar-refractivity contribution in [1.82, 2.24) is 4.90 Å². The van der Waals surface area contributed by atoms with Crippen LogP contribution in [-0.4, -0.2) is 52.4 Å². The standard InChI is InChI=1S/C10H18N2O4S/c1-8-9(5-6-16-17(4,13)14)7-12(2)10(11-8)15-3/h7,10H,5-6H2,1-4H3. The summed E-state index contributed by atoms with van der Waals surface area (Å²) in [6.45, 7) is 1.99. The van der Waals surface area contributed by atoms with Crippen molar-refractivity contribution in [2.45, 2.75) is 19.7 Å². The topological polar surface area (TPSA) is 68.2 Å². The van der Waals surface area contributed by atoms with E-state index >= 15 is 0 Å². The molecule has 0 N–H and O–H groups in total. The normalized spacial score (nSPS) is 21.2. The summed E-state index contributed by atoms with van der Waals surface area (Å²) in [6.07, 6.45) is 3.12. The van der Waals surface area contributed by atoms with Crippen molar-refractivity contribution in [2.24, 2.45) is 4.99 Å². The molecule has 98 valence electrons. The molecule has 1 rings (SSSR count). The Kier molecular flexibility index (Phi) is 4.67. The van der Waals surface area contributed by atoms with Crippen LogP contribution < -0.4 is 0 Å². The second-order valence-electron chi connectivity index (χ2n) is 3.87. The molecule has 0 saturated carbocycles. The Hall–Kier alpha value is -0.920. The smallest absolute Gasteiger partial charge is 0.264 e. The molecular weight excluding hydrogens is 244 g/mol. The van der Waals surface area contributed by atoms with Crippen molar-refractivity contribution < 1.29 is 17.3 Å². The van der Waals surface area contributed by atoms with Gasteiger partial charge in [-0.2, -0.15) is 8.42 Å². The van der Waals surface area contributed by atoms with Gasteiger partial charge in [0.2, 0.25) is 6.35 Å². The minimum atomic E-state index is -3.38. The van der Waals surface area contributed by atoms with E-state index in [4.69, 9.17) is 8.92 Å². The molecule has 1 heterocycles. The summed E-state index contributed by atoms with van der Waals surface area (Å²) in [6, 6.07) is 0. The van der Waals surface area contributed by atoms with Gasteiger partial charge < -0.3 is 9.64 Å². The van der Waals surface area contributed by atoms with Crippen LogP contribution in [0.4, 0.5) is 0 Å². The summed E-state index contributed by atoms with van der Waals surface area (Å²) in [4.78, 5) is 6.15. The number of hydrogen-bond donors (Lipinski definition) is 0. The Morgan fingerprint density at radius 2 is 2.18 bits per heavy atom. The number of methoxy groups -OCH3 is 1. The van der Waals surface area contributed by atoms with Crippen LogP contribution in [0.5, 0.6) is 0 Å². The zero-order valence-electron chi connectivity index (χ0n) is 10.5. The molecule has 1 unspecified atom stereocenters. The van der Waals surface area contributed by atoms with Crippen LogP contribution in [0.3, 0.4) is 0 Å². The van der Waals surface area contributed by atoms with Gasteiger partial charge >= 0.3 is 0 Å². The highest BCUT2D eigenvalue weighted by molar-refractivity contribution is 7.85. The molecule has 0 aliphatic carbocycles. The fourth-order valence-corrected chi connectivity index (χ4v) is 1.90. The van der Waals surface area contributed by atoms with E-state index in [1.807, 2.05) is 25.1 Å². The molecule has 6 nitrogen and oxygen atoms in total. The second kappa shape index (κ2) is 5.61. The van der Waals surface area contributed by atoms with Crippen LogP contribution in [-0.2, 0) is 19.0 Å². The summed E-state index contributed by atoms with van der Waals surface area (Å²) >= 11 is 0. The number of nitrogens with zero attached hydrogens (tertiary/aromatic N) is 2. The summed E-state index contributed by atoms with van der Waals surface area (Å²) in [5.74, 6) is 0. The quantitative estimate of drug-likeness (QED) is 0.678. The third-order valence-electron chi connectivity index (χ3n) is 2.36. The molecule has 0 bridgehead atoms. The Labute approximate surface area is 102 Å². The van der Waals surface area contributed by atoms with Gasteiger partial charge in [-0.25, -0.2) is 4.99 Å². The van der Waals surface area contributed by atoms with Crippen molar-refractivity contribution in [3.05, 3.63) is 11.8 Å². The maximum Gasteiger partial charge on any atom is 0.264 e. The first-order valence-corrected chi connectivity index (χ1v) is 7.00. The van der Waals surface area contributed by atoms with Crippen LogP contribution >= 0.6 is 0 Å². The van der Waals surface area contributed by atoms with E-state index in [1.54, 1.807) is 7.11 Å². The predicted molar refractivity (Wildman–Crippen MR) is 65.2 cm³/mol. The Morgan fingerprint density at radius 3 is 2.71 bits per heavy atom. The van der Waals surface area contributed by atoms with E-state index in [0.717, 1.165) is 17.5 Å². The molecule has 1 atom stereocenters. The maximum atomic E-state index is 10.8. The summed E-state index contributed by atoms with van der Waals surface area (Å²) in [5.41, 5.74) is 1.79. The lowest BCUT2D eigenvalue weighted by atomic mass is 10.1. The van der Waals surface area contributed by atoms with E-state index in [-0.39, 0.29) is 13.0 Å². The van der Waals surface area contributed by atoms with E-state index in [2.05, 4.69) is 4.99 Å². The average Bonchev–Trinajstić information content (AvgIpc) is 2.20. The molecule has 0 aromatic carbocycles. The zero-order valence-corrected chi connectivity index (χ0v) is 11.3. The minimum Gasteiger partial charge on any atom is -0.342 e. The molecule has 17 heavy (non-hydrogen) atoms. The largest absolute Gasteiger partial charge is 0.342 e. The van der Waals surface area contributed by atoms with Gasteiger partial charge in [-0.3, -0.25) is 4.18 Å². The molecule has 0 aromatic rings. The molecule has 7 heteroatoms. The molecule has 1 aliphatic heterocycles. The third kappa shape index (κ3) is 4.45. The monoisotopic (exact) mass is 262 g/mol. The predicted octanol–water partition coefficient (Wildman–Crippen LogP) is 0.573. The van der Waals surface area contributed by atoms with Gasteiger partial charge in [-0.05, 0) is 12.5 Å². The Morgan fingerprint density at radius 1 is 1.53 bits per heavy atom. The van der Waals surface area contributed by atoms with E-state index in [0.29, 0.717) is 6.42 Å². The van der Waals surface area contributed by atoms with Crippen LogP contribution in [0.2, 0.25) is 0 Å². The number of rotatable bonds is 5. The van der Waals surface area contributed by atoms with Crippen LogP contribution in [0.1, 0.15) is 13.3 Å². The second-order valence-corrected chi connectivity index (χ2v) is 5.52. The lowest BCUT2D eigenvalue weighted by Gasteiger charge is -2.28. The first kappa shape index (κ1) is 14.1. The van der Waals surface area contributed by atoms with Crippen LogP contribution in [0.25, 0.3) is 0 Å². The van der Waals surface area contributed by atoms with Gasteiger partial charge in [0.25, 0.3) is 10.1 Å². The molecular formula is C10H18N2O4S. The molecule has 0 saturated heterocycles. The first-order valence-electron chi connectivity index (χ1n) is 5.18. The number of ether oxygens (including phenoxy) is 1. The van der Waals surface area contributed by atoms with E-state index in [1.165, 1.54) is 0 Å².